The lowest BCUT2D eigenvalue weighted by Gasteiger charge is -2.21. The molecule has 0 amide bonds. The summed E-state index contributed by atoms with van der Waals surface area (Å²) in [5.74, 6) is 1.81. The smallest absolute Gasteiger partial charge is 0.127 e. The normalized spacial score (nSPS) is 15.7. The van der Waals surface area contributed by atoms with E-state index in [0.29, 0.717) is 6.61 Å². The fourth-order valence-electron chi connectivity index (χ4n) is 3.24. The van der Waals surface area contributed by atoms with Crippen molar-refractivity contribution >= 4 is 11.3 Å². The Balaban J connectivity index is 1.57. The SMILES string of the molecule is CCOc1ccccc1-c1cnc(CNCC2CCCCC2)s1. The van der Waals surface area contributed by atoms with Gasteiger partial charge in [-0.1, -0.05) is 31.4 Å². The van der Waals surface area contributed by atoms with Crippen LogP contribution in [0.3, 0.4) is 0 Å². The highest BCUT2D eigenvalue weighted by molar-refractivity contribution is 7.15. The summed E-state index contributed by atoms with van der Waals surface area (Å²) in [6.07, 6.45) is 8.98. The van der Waals surface area contributed by atoms with Gasteiger partial charge >= 0.3 is 0 Å². The molecule has 1 aliphatic rings. The van der Waals surface area contributed by atoms with Crippen molar-refractivity contribution in [1.29, 1.82) is 0 Å². The first-order valence-corrected chi connectivity index (χ1v) is 9.56. The minimum Gasteiger partial charge on any atom is -0.493 e. The van der Waals surface area contributed by atoms with Crippen LogP contribution in [0.4, 0.5) is 0 Å². The lowest BCUT2D eigenvalue weighted by molar-refractivity contribution is 0.341. The van der Waals surface area contributed by atoms with Crippen molar-refractivity contribution in [2.45, 2.75) is 45.6 Å². The maximum atomic E-state index is 5.72. The van der Waals surface area contributed by atoms with Gasteiger partial charge < -0.3 is 10.1 Å². The highest BCUT2D eigenvalue weighted by Crippen LogP contribution is 2.33. The summed E-state index contributed by atoms with van der Waals surface area (Å²) in [4.78, 5) is 5.76. The molecule has 1 fully saturated rings. The van der Waals surface area contributed by atoms with Crippen molar-refractivity contribution in [2.24, 2.45) is 5.92 Å². The van der Waals surface area contributed by atoms with Gasteiger partial charge in [-0.15, -0.1) is 11.3 Å². The zero-order valence-corrected chi connectivity index (χ0v) is 14.7. The third kappa shape index (κ3) is 4.55. The van der Waals surface area contributed by atoms with Crippen LogP contribution in [0.15, 0.2) is 30.5 Å². The Hall–Kier alpha value is -1.39. The molecule has 0 saturated heterocycles. The molecule has 0 bridgehead atoms. The number of nitrogens with one attached hydrogen (secondary N) is 1. The number of benzene rings is 1. The Morgan fingerprint density at radius 1 is 1.22 bits per heavy atom. The number of ether oxygens (including phenoxy) is 1. The van der Waals surface area contributed by atoms with Crippen LogP contribution in [0.5, 0.6) is 5.75 Å². The molecule has 0 atom stereocenters. The number of rotatable bonds is 7. The Bertz CT molecular complexity index is 605. The van der Waals surface area contributed by atoms with Gasteiger partial charge in [0.25, 0.3) is 0 Å². The van der Waals surface area contributed by atoms with Crippen molar-refractivity contribution in [3.63, 3.8) is 0 Å². The molecular formula is C19H26N2OS. The van der Waals surface area contributed by atoms with Gasteiger partial charge in [-0.25, -0.2) is 4.98 Å². The van der Waals surface area contributed by atoms with Gasteiger partial charge in [-0.05, 0) is 44.4 Å². The second-order valence-electron chi connectivity index (χ2n) is 6.18. The quantitative estimate of drug-likeness (QED) is 0.786. The topological polar surface area (TPSA) is 34.1 Å². The molecule has 4 heteroatoms. The molecule has 1 aromatic carbocycles. The molecule has 1 aliphatic carbocycles. The first-order chi connectivity index (χ1) is 11.4. The molecule has 0 aliphatic heterocycles. The van der Waals surface area contributed by atoms with Crippen LogP contribution in [-0.2, 0) is 6.54 Å². The van der Waals surface area contributed by atoms with E-state index in [9.17, 15) is 0 Å². The number of nitrogens with zero attached hydrogens (tertiary/aromatic N) is 1. The second-order valence-corrected chi connectivity index (χ2v) is 7.30. The van der Waals surface area contributed by atoms with Crippen LogP contribution >= 0.6 is 11.3 Å². The zero-order chi connectivity index (χ0) is 15.9. The van der Waals surface area contributed by atoms with Gasteiger partial charge in [-0.2, -0.15) is 0 Å². The summed E-state index contributed by atoms with van der Waals surface area (Å²) < 4.78 is 5.72. The highest BCUT2D eigenvalue weighted by atomic mass is 32.1. The number of thiazole rings is 1. The third-order valence-corrected chi connectivity index (χ3v) is 5.47. The summed E-state index contributed by atoms with van der Waals surface area (Å²) in [7, 11) is 0. The fourth-order valence-corrected chi connectivity index (χ4v) is 4.16. The fraction of sp³-hybridized carbons (Fsp3) is 0.526. The van der Waals surface area contributed by atoms with Crippen LogP contribution in [0.25, 0.3) is 10.4 Å². The molecule has 0 radical (unpaired) electrons. The van der Waals surface area contributed by atoms with Crippen LogP contribution < -0.4 is 10.1 Å². The third-order valence-electron chi connectivity index (χ3n) is 4.44. The van der Waals surface area contributed by atoms with Gasteiger partial charge in [0.1, 0.15) is 10.8 Å². The van der Waals surface area contributed by atoms with Crippen LogP contribution in [0.2, 0.25) is 0 Å². The van der Waals surface area contributed by atoms with E-state index in [-0.39, 0.29) is 0 Å². The van der Waals surface area contributed by atoms with E-state index in [1.165, 1.54) is 37.0 Å². The highest BCUT2D eigenvalue weighted by Gasteiger charge is 2.13. The van der Waals surface area contributed by atoms with E-state index in [2.05, 4.69) is 22.4 Å². The van der Waals surface area contributed by atoms with E-state index < -0.39 is 0 Å². The van der Waals surface area contributed by atoms with Crippen LogP contribution in [0.1, 0.15) is 44.0 Å². The maximum absolute atomic E-state index is 5.72. The molecule has 2 aromatic rings. The maximum Gasteiger partial charge on any atom is 0.127 e. The molecule has 0 spiro atoms. The Labute approximate surface area is 143 Å². The van der Waals surface area contributed by atoms with E-state index >= 15 is 0 Å². The average Bonchev–Trinajstić information content (AvgIpc) is 3.05. The van der Waals surface area contributed by atoms with Gasteiger partial charge in [0.15, 0.2) is 0 Å². The summed E-state index contributed by atoms with van der Waals surface area (Å²) in [5.41, 5.74) is 1.14. The zero-order valence-electron chi connectivity index (χ0n) is 13.9. The molecule has 3 nitrogen and oxygen atoms in total. The number of aromatic nitrogens is 1. The van der Waals surface area contributed by atoms with Gasteiger partial charge in [-0.3, -0.25) is 0 Å². The minimum atomic E-state index is 0.686. The standard InChI is InChI=1S/C19H26N2OS/c1-2-22-17-11-7-6-10-16(17)18-13-21-19(23-18)14-20-12-15-8-4-3-5-9-15/h6-7,10-11,13,15,20H,2-5,8-9,12,14H2,1H3. The lowest BCUT2D eigenvalue weighted by atomic mass is 9.89. The van der Waals surface area contributed by atoms with Crippen LogP contribution in [-0.4, -0.2) is 18.1 Å². The summed E-state index contributed by atoms with van der Waals surface area (Å²) in [6.45, 7) is 4.71. The lowest BCUT2D eigenvalue weighted by Crippen LogP contribution is -2.24. The second kappa shape index (κ2) is 8.46. The molecule has 1 saturated carbocycles. The number of para-hydroxylation sites is 1. The molecule has 1 N–H and O–H groups in total. The van der Waals surface area contributed by atoms with E-state index in [0.717, 1.165) is 35.3 Å². The van der Waals surface area contributed by atoms with Crippen molar-refractivity contribution < 1.29 is 4.74 Å². The predicted molar refractivity (Wildman–Crippen MR) is 97.0 cm³/mol. The Morgan fingerprint density at radius 2 is 2.04 bits per heavy atom. The minimum absolute atomic E-state index is 0.686. The number of hydrogen-bond acceptors (Lipinski definition) is 4. The predicted octanol–water partition coefficient (Wildman–Crippen LogP) is 4.88. The molecule has 1 heterocycles. The average molecular weight is 330 g/mol. The summed E-state index contributed by atoms with van der Waals surface area (Å²) >= 11 is 1.76. The summed E-state index contributed by atoms with van der Waals surface area (Å²) in [5, 5.41) is 4.75. The van der Waals surface area contributed by atoms with Gasteiger partial charge in [0, 0.05) is 18.3 Å². The van der Waals surface area contributed by atoms with Crippen molar-refractivity contribution in [2.75, 3.05) is 13.2 Å². The molecule has 124 valence electrons. The molecular weight excluding hydrogens is 304 g/mol. The van der Waals surface area contributed by atoms with Crippen molar-refractivity contribution in [3.05, 3.63) is 35.5 Å². The van der Waals surface area contributed by atoms with Crippen LogP contribution in [0, 0.1) is 5.92 Å². The van der Waals surface area contributed by atoms with Crippen molar-refractivity contribution in [1.82, 2.24) is 10.3 Å². The van der Waals surface area contributed by atoms with Gasteiger partial charge in [0.05, 0.1) is 11.5 Å². The van der Waals surface area contributed by atoms with Gasteiger partial charge in [0.2, 0.25) is 0 Å². The first kappa shape index (κ1) is 16.5. The van der Waals surface area contributed by atoms with E-state index in [4.69, 9.17) is 4.74 Å². The number of hydrogen-bond donors (Lipinski definition) is 1. The monoisotopic (exact) mass is 330 g/mol. The van der Waals surface area contributed by atoms with E-state index in [1.807, 2.05) is 25.3 Å². The molecule has 0 unspecified atom stereocenters. The molecule has 23 heavy (non-hydrogen) atoms. The Morgan fingerprint density at radius 3 is 2.87 bits per heavy atom. The first-order valence-electron chi connectivity index (χ1n) is 8.74. The summed E-state index contributed by atoms with van der Waals surface area (Å²) in [6, 6.07) is 8.21. The Kier molecular flexibility index (Phi) is 6.06. The molecule has 1 aromatic heterocycles. The van der Waals surface area contributed by atoms with Crippen molar-refractivity contribution in [3.8, 4) is 16.2 Å². The molecule has 3 rings (SSSR count). The largest absolute Gasteiger partial charge is 0.493 e. The van der Waals surface area contributed by atoms with E-state index in [1.54, 1.807) is 11.3 Å².